The van der Waals surface area contributed by atoms with Crippen LogP contribution < -0.4 is 0 Å². The minimum absolute atomic E-state index is 0.0978. The third kappa shape index (κ3) is 4.89. The number of nitrogens with zero attached hydrogens (tertiary/aromatic N) is 1. The summed E-state index contributed by atoms with van der Waals surface area (Å²) in [6, 6.07) is 7.04. The summed E-state index contributed by atoms with van der Waals surface area (Å²) in [4.78, 5) is 0.278. The maximum Gasteiger partial charge on any atom is 0.242 e. The summed E-state index contributed by atoms with van der Waals surface area (Å²) in [7, 11) is -2.02. The molecule has 1 aromatic rings. The van der Waals surface area contributed by atoms with Crippen LogP contribution in [0.2, 0.25) is 0 Å². The fraction of sp³-hybridized carbons (Fsp3) is 0.600. The fourth-order valence-electron chi connectivity index (χ4n) is 2.06. The topological polar surface area (TPSA) is 57.6 Å². The van der Waals surface area contributed by atoms with Crippen molar-refractivity contribution < 1.29 is 13.5 Å². The lowest BCUT2D eigenvalue weighted by molar-refractivity contribution is 0.171. The Morgan fingerprint density at radius 3 is 2.30 bits per heavy atom. The van der Waals surface area contributed by atoms with Gasteiger partial charge >= 0.3 is 0 Å². The fourth-order valence-corrected chi connectivity index (χ4v) is 3.31. The first-order valence-corrected chi connectivity index (χ1v) is 8.55. The van der Waals surface area contributed by atoms with Gasteiger partial charge in [0.1, 0.15) is 0 Å². The number of hydrogen-bond acceptors (Lipinski definition) is 3. The van der Waals surface area contributed by atoms with E-state index >= 15 is 0 Å². The van der Waals surface area contributed by atoms with Crippen molar-refractivity contribution in [2.75, 3.05) is 13.6 Å². The van der Waals surface area contributed by atoms with Gasteiger partial charge in [-0.25, -0.2) is 8.42 Å². The molecule has 4 nitrogen and oxygen atoms in total. The SMILES string of the molecule is CCCCCc1ccc(S(=O)(=O)N(C)CC(C)O)cc1. The van der Waals surface area contributed by atoms with Crippen molar-refractivity contribution in [3.63, 3.8) is 0 Å². The van der Waals surface area contributed by atoms with Crippen LogP contribution in [-0.2, 0) is 16.4 Å². The summed E-state index contributed by atoms with van der Waals surface area (Å²) >= 11 is 0. The van der Waals surface area contributed by atoms with E-state index in [9.17, 15) is 13.5 Å². The molecule has 0 bridgehead atoms. The maximum absolute atomic E-state index is 12.3. The largest absolute Gasteiger partial charge is 0.392 e. The molecule has 1 atom stereocenters. The van der Waals surface area contributed by atoms with Crippen LogP contribution in [-0.4, -0.2) is 37.5 Å². The summed E-state index contributed by atoms with van der Waals surface area (Å²) in [5.41, 5.74) is 1.16. The molecule has 0 radical (unpaired) electrons. The van der Waals surface area contributed by atoms with E-state index in [4.69, 9.17) is 0 Å². The third-order valence-electron chi connectivity index (χ3n) is 3.22. The number of benzene rings is 1. The number of aliphatic hydroxyl groups excluding tert-OH is 1. The second kappa shape index (κ2) is 7.76. The van der Waals surface area contributed by atoms with E-state index in [1.807, 2.05) is 12.1 Å². The Hall–Kier alpha value is -0.910. The average Bonchev–Trinajstić information content (AvgIpc) is 2.39. The van der Waals surface area contributed by atoms with Crippen LogP contribution in [0.15, 0.2) is 29.2 Å². The molecule has 0 aliphatic heterocycles. The van der Waals surface area contributed by atoms with Gasteiger partial charge in [-0.1, -0.05) is 31.9 Å². The smallest absolute Gasteiger partial charge is 0.242 e. The second-order valence-corrected chi connectivity index (χ2v) is 7.28. The highest BCUT2D eigenvalue weighted by Gasteiger charge is 2.21. The van der Waals surface area contributed by atoms with Crippen molar-refractivity contribution in [2.45, 2.75) is 50.5 Å². The quantitative estimate of drug-likeness (QED) is 0.750. The monoisotopic (exact) mass is 299 g/mol. The number of sulfonamides is 1. The Balaban J connectivity index is 2.76. The molecule has 0 aromatic heterocycles. The molecular formula is C15H25NO3S. The van der Waals surface area contributed by atoms with Gasteiger partial charge in [0.2, 0.25) is 10.0 Å². The molecule has 0 aliphatic rings. The molecular weight excluding hydrogens is 274 g/mol. The lowest BCUT2D eigenvalue weighted by Gasteiger charge is -2.18. The van der Waals surface area contributed by atoms with Crippen molar-refractivity contribution >= 4 is 10.0 Å². The molecule has 1 aromatic carbocycles. The van der Waals surface area contributed by atoms with Crippen LogP contribution in [0.25, 0.3) is 0 Å². The van der Waals surface area contributed by atoms with E-state index < -0.39 is 16.1 Å². The van der Waals surface area contributed by atoms with Crippen LogP contribution in [0.3, 0.4) is 0 Å². The molecule has 0 fully saturated rings. The van der Waals surface area contributed by atoms with Gasteiger partial charge in [-0.3, -0.25) is 0 Å². The Kier molecular flexibility index (Phi) is 6.65. The van der Waals surface area contributed by atoms with E-state index in [-0.39, 0.29) is 11.4 Å². The number of hydrogen-bond donors (Lipinski definition) is 1. The summed E-state index contributed by atoms with van der Waals surface area (Å²) in [5.74, 6) is 0. The number of aliphatic hydroxyl groups is 1. The highest BCUT2D eigenvalue weighted by Crippen LogP contribution is 2.16. The minimum atomic E-state index is -3.50. The second-order valence-electron chi connectivity index (χ2n) is 5.24. The minimum Gasteiger partial charge on any atom is -0.392 e. The highest BCUT2D eigenvalue weighted by molar-refractivity contribution is 7.89. The molecule has 1 rings (SSSR count). The lowest BCUT2D eigenvalue weighted by atomic mass is 10.1. The van der Waals surface area contributed by atoms with Gasteiger partial charge in [0.25, 0.3) is 0 Å². The van der Waals surface area contributed by atoms with Crippen LogP contribution >= 0.6 is 0 Å². The molecule has 0 spiro atoms. The van der Waals surface area contributed by atoms with Crippen LogP contribution in [0.4, 0.5) is 0 Å². The highest BCUT2D eigenvalue weighted by atomic mass is 32.2. The lowest BCUT2D eigenvalue weighted by Crippen LogP contribution is -2.33. The molecule has 20 heavy (non-hydrogen) atoms. The van der Waals surface area contributed by atoms with Gasteiger partial charge < -0.3 is 5.11 Å². The summed E-state index contributed by atoms with van der Waals surface area (Å²) in [5, 5.41) is 9.29. The molecule has 1 unspecified atom stereocenters. The van der Waals surface area contributed by atoms with Gasteiger partial charge in [-0.2, -0.15) is 4.31 Å². The Labute approximate surface area is 122 Å². The van der Waals surface area contributed by atoms with E-state index in [0.717, 1.165) is 18.4 Å². The first-order chi connectivity index (χ1) is 9.37. The summed E-state index contributed by atoms with van der Waals surface area (Å²) < 4.78 is 25.7. The van der Waals surface area contributed by atoms with Gasteiger partial charge in [-0.05, 0) is 37.5 Å². The molecule has 114 valence electrons. The van der Waals surface area contributed by atoms with E-state index in [1.165, 1.54) is 24.2 Å². The Morgan fingerprint density at radius 1 is 1.20 bits per heavy atom. The zero-order valence-corrected chi connectivity index (χ0v) is 13.4. The summed E-state index contributed by atoms with van der Waals surface area (Å²) in [6.45, 7) is 3.83. The van der Waals surface area contributed by atoms with Crippen molar-refractivity contribution in [1.29, 1.82) is 0 Å². The van der Waals surface area contributed by atoms with E-state index in [2.05, 4.69) is 6.92 Å². The van der Waals surface area contributed by atoms with Crippen molar-refractivity contribution in [1.82, 2.24) is 4.31 Å². The predicted octanol–water partition coefficient (Wildman–Crippen LogP) is 2.42. The van der Waals surface area contributed by atoms with E-state index in [1.54, 1.807) is 19.1 Å². The normalized spacial score (nSPS) is 13.7. The van der Waals surface area contributed by atoms with Crippen molar-refractivity contribution in [2.24, 2.45) is 0 Å². The van der Waals surface area contributed by atoms with Gasteiger partial charge in [0.15, 0.2) is 0 Å². The zero-order valence-electron chi connectivity index (χ0n) is 12.5. The predicted molar refractivity (Wildman–Crippen MR) is 81.2 cm³/mol. The van der Waals surface area contributed by atoms with Crippen LogP contribution in [0.5, 0.6) is 0 Å². The van der Waals surface area contributed by atoms with Gasteiger partial charge in [-0.15, -0.1) is 0 Å². The average molecular weight is 299 g/mol. The first kappa shape index (κ1) is 17.1. The van der Waals surface area contributed by atoms with E-state index in [0.29, 0.717) is 0 Å². The molecule has 5 heteroatoms. The number of unbranched alkanes of at least 4 members (excludes halogenated alkanes) is 2. The van der Waals surface area contributed by atoms with Crippen LogP contribution in [0, 0.1) is 0 Å². The van der Waals surface area contributed by atoms with Gasteiger partial charge in [0.05, 0.1) is 11.0 Å². The molecule has 0 amide bonds. The molecule has 0 heterocycles. The standard InChI is InChI=1S/C15H25NO3S/c1-4-5-6-7-14-8-10-15(11-9-14)20(18,19)16(3)12-13(2)17/h8-11,13,17H,4-7,12H2,1-3H3. The van der Waals surface area contributed by atoms with Crippen molar-refractivity contribution in [3.8, 4) is 0 Å². The molecule has 0 saturated heterocycles. The van der Waals surface area contributed by atoms with Crippen LogP contribution in [0.1, 0.15) is 38.7 Å². The summed E-state index contributed by atoms with van der Waals surface area (Å²) in [6.07, 6.45) is 3.80. The molecule has 0 saturated carbocycles. The number of rotatable bonds is 8. The van der Waals surface area contributed by atoms with Gasteiger partial charge in [0, 0.05) is 13.6 Å². The number of aryl methyl sites for hydroxylation is 1. The molecule has 1 N–H and O–H groups in total. The molecule has 0 aliphatic carbocycles. The zero-order chi connectivity index (χ0) is 15.2. The first-order valence-electron chi connectivity index (χ1n) is 7.11. The Bertz CT molecular complexity index is 494. The number of likely N-dealkylation sites (N-methyl/N-ethyl adjacent to an activating group) is 1. The maximum atomic E-state index is 12.3. The third-order valence-corrected chi connectivity index (χ3v) is 5.06. The Morgan fingerprint density at radius 2 is 1.80 bits per heavy atom. The van der Waals surface area contributed by atoms with Crippen molar-refractivity contribution in [3.05, 3.63) is 29.8 Å².